The molecule has 30 heavy (non-hydrogen) atoms. The van der Waals surface area contributed by atoms with Crippen molar-refractivity contribution in [3.05, 3.63) is 64.7 Å². The van der Waals surface area contributed by atoms with Crippen LogP contribution in [0.25, 0.3) is 0 Å². The van der Waals surface area contributed by atoms with Gasteiger partial charge in [-0.05, 0) is 48.1 Å². The van der Waals surface area contributed by atoms with Gasteiger partial charge in [-0.3, -0.25) is 9.59 Å². The summed E-state index contributed by atoms with van der Waals surface area (Å²) in [6.45, 7) is 9.52. The lowest BCUT2D eigenvalue weighted by Gasteiger charge is -2.19. The number of rotatable bonds is 6. The van der Waals surface area contributed by atoms with Gasteiger partial charge in [0.2, 0.25) is 5.91 Å². The first kappa shape index (κ1) is 23.1. The number of ether oxygens (including phenoxy) is 1. The van der Waals surface area contributed by atoms with Gasteiger partial charge >= 0.3 is 5.97 Å². The third-order valence-electron chi connectivity index (χ3n) is 4.87. The summed E-state index contributed by atoms with van der Waals surface area (Å²) in [6, 6.07) is 12.9. The number of carbonyl (C=O) groups excluding carboxylic acids is 3. The van der Waals surface area contributed by atoms with Crippen LogP contribution in [0.3, 0.4) is 0 Å². The molecule has 0 aliphatic carbocycles. The summed E-state index contributed by atoms with van der Waals surface area (Å²) in [7, 11) is 1.50. The molecule has 0 saturated heterocycles. The van der Waals surface area contributed by atoms with Gasteiger partial charge in [-0.2, -0.15) is 0 Å². The van der Waals surface area contributed by atoms with Crippen molar-refractivity contribution in [2.75, 3.05) is 25.5 Å². The van der Waals surface area contributed by atoms with E-state index in [1.54, 1.807) is 12.1 Å². The molecule has 0 aliphatic heterocycles. The molecule has 6 nitrogen and oxygen atoms in total. The Bertz CT molecular complexity index is 907. The number of para-hydroxylation sites is 1. The third-order valence-corrected chi connectivity index (χ3v) is 4.87. The Morgan fingerprint density at radius 1 is 0.967 bits per heavy atom. The van der Waals surface area contributed by atoms with E-state index in [1.165, 1.54) is 11.9 Å². The molecule has 0 aliphatic rings. The summed E-state index contributed by atoms with van der Waals surface area (Å²) in [5.74, 6) is -1.34. The van der Waals surface area contributed by atoms with Crippen molar-refractivity contribution in [3.8, 4) is 0 Å². The van der Waals surface area contributed by atoms with Crippen molar-refractivity contribution < 1.29 is 19.1 Å². The second-order valence-electron chi connectivity index (χ2n) is 8.47. The second kappa shape index (κ2) is 9.57. The zero-order valence-electron chi connectivity index (χ0n) is 18.5. The first-order valence-corrected chi connectivity index (χ1v) is 9.86. The van der Waals surface area contributed by atoms with Gasteiger partial charge in [-0.25, -0.2) is 4.79 Å². The van der Waals surface area contributed by atoms with Crippen LogP contribution in [-0.2, 0) is 19.7 Å². The van der Waals surface area contributed by atoms with Crippen LogP contribution in [0.4, 0.5) is 5.69 Å². The molecule has 160 valence electrons. The Hall–Kier alpha value is -3.15. The molecule has 2 rings (SSSR count). The highest BCUT2D eigenvalue weighted by atomic mass is 16.5. The van der Waals surface area contributed by atoms with Crippen LogP contribution in [0, 0.1) is 13.8 Å². The number of esters is 1. The largest absolute Gasteiger partial charge is 0.452 e. The van der Waals surface area contributed by atoms with Crippen LogP contribution in [0.1, 0.15) is 47.8 Å². The molecule has 0 unspecified atom stereocenters. The summed E-state index contributed by atoms with van der Waals surface area (Å²) >= 11 is 0. The van der Waals surface area contributed by atoms with Crippen molar-refractivity contribution in [2.24, 2.45) is 0 Å². The molecule has 0 spiro atoms. The van der Waals surface area contributed by atoms with E-state index in [9.17, 15) is 14.4 Å². The Morgan fingerprint density at radius 2 is 1.53 bits per heavy atom. The van der Waals surface area contributed by atoms with Gasteiger partial charge in [-0.15, -0.1) is 0 Å². The zero-order chi connectivity index (χ0) is 22.5. The first-order chi connectivity index (χ1) is 14.0. The van der Waals surface area contributed by atoms with E-state index in [-0.39, 0.29) is 17.9 Å². The SMILES string of the molecule is Cc1cccc(C)c1NC(=O)CN(C)C(=O)COC(=O)c1ccc(C(C)(C)C)cc1. The van der Waals surface area contributed by atoms with Gasteiger partial charge in [0, 0.05) is 12.7 Å². The molecular weight excluding hydrogens is 380 g/mol. The van der Waals surface area contributed by atoms with Gasteiger partial charge < -0.3 is 15.0 Å². The van der Waals surface area contributed by atoms with E-state index >= 15 is 0 Å². The van der Waals surface area contributed by atoms with E-state index in [4.69, 9.17) is 4.74 Å². The Balaban J connectivity index is 1.86. The number of anilines is 1. The van der Waals surface area contributed by atoms with Crippen LogP contribution in [-0.4, -0.2) is 42.9 Å². The average molecular weight is 411 g/mol. The Labute approximate surface area is 178 Å². The average Bonchev–Trinajstić information content (AvgIpc) is 2.68. The summed E-state index contributed by atoms with van der Waals surface area (Å²) < 4.78 is 5.11. The van der Waals surface area contributed by atoms with E-state index < -0.39 is 18.5 Å². The molecule has 0 heterocycles. The molecule has 0 radical (unpaired) electrons. The van der Waals surface area contributed by atoms with Crippen LogP contribution in [0.2, 0.25) is 0 Å². The highest BCUT2D eigenvalue weighted by Gasteiger charge is 2.18. The van der Waals surface area contributed by atoms with Crippen LogP contribution in [0.15, 0.2) is 42.5 Å². The minimum Gasteiger partial charge on any atom is -0.452 e. The number of hydrogen-bond acceptors (Lipinski definition) is 4. The predicted octanol–water partition coefficient (Wildman–Crippen LogP) is 3.85. The fourth-order valence-electron chi connectivity index (χ4n) is 2.92. The minimum absolute atomic E-state index is 0.0154. The summed E-state index contributed by atoms with van der Waals surface area (Å²) in [5.41, 5.74) is 4.11. The molecule has 0 aromatic heterocycles. The maximum atomic E-state index is 12.3. The third kappa shape index (κ3) is 6.17. The van der Waals surface area contributed by atoms with E-state index in [0.29, 0.717) is 5.56 Å². The fourth-order valence-corrected chi connectivity index (χ4v) is 2.92. The van der Waals surface area contributed by atoms with Crippen LogP contribution < -0.4 is 5.32 Å². The summed E-state index contributed by atoms with van der Waals surface area (Å²) in [5, 5.41) is 2.83. The highest BCUT2D eigenvalue weighted by Crippen LogP contribution is 2.22. The van der Waals surface area contributed by atoms with Crippen LogP contribution in [0.5, 0.6) is 0 Å². The number of nitrogens with zero attached hydrogens (tertiary/aromatic N) is 1. The standard InChI is InChI=1S/C24H30N2O4/c1-16-8-7-9-17(2)22(16)25-20(27)14-26(6)21(28)15-30-23(29)18-10-12-19(13-11-18)24(3,4)5/h7-13H,14-15H2,1-6H3,(H,25,27). The number of benzene rings is 2. The van der Waals surface area contributed by atoms with Crippen molar-refractivity contribution in [2.45, 2.75) is 40.0 Å². The molecule has 0 fully saturated rings. The lowest BCUT2D eigenvalue weighted by atomic mass is 9.87. The number of aryl methyl sites for hydroxylation is 2. The van der Waals surface area contributed by atoms with E-state index in [1.807, 2.05) is 44.2 Å². The molecule has 2 aromatic rings. The zero-order valence-corrected chi connectivity index (χ0v) is 18.5. The van der Waals surface area contributed by atoms with Gasteiger partial charge in [0.25, 0.3) is 5.91 Å². The van der Waals surface area contributed by atoms with E-state index in [0.717, 1.165) is 22.4 Å². The molecule has 0 saturated carbocycles. The van der Waals surface area contributed by atoms with Crippen molar-refractivity contribution >= 4 is 23.5 Å². The number of amides is 2. The monoisotopic (exact) mass is 410 g/mol. The quantitative estimate of drug-likeness (QED) is 0.734. The van der Waals surface area contributed by atoms with Crippen molar-refractivity contribution in [3.63, 3.8) is 0 Å². The topological polar surface area (TPSA) is 75.7 Å². The fraction of sp³-hybridized carbons (Fsp3) is 0.375. The smallest absolute Gasteiger partial charge is 0.338 e. The Morgan fingerprint density at radius 3 is 2.07 bits per heavy atom. The number of likely N-dealkylation sites (N-methyl/N-ethyl adjacent to an activating group) is 1. The molecule has 0 bridgehead atoms. The molecule has 6 heteroatoms. The maximum Gasteiger partial charge on any atom is 0.338 e. The first-order valence-electron chi connectivity index (χ1n) is 9.86. The molecule has 2 amide bonds. The van der Waals surface area contributed by atoms with E-state index in [2.05, 4.69) is 26.1 Å². The second-order valence-corrected chi connectivity index (χ2v) is 8.47. The van der Waals surface area contributed by atoms with Crippen molar-refractivity contribution in [1.82, 2.24) is 4.90 Å². The molecule has 0 atom stereocenters. The number of nitrogens with one attached hydrogen (secondary N) is 1. The van der Waals surface area contributed by atoms with Crippen molar-refractivity contribution in [1.29, 1.82) is 0 Å². The van der Waals surface area contributed by atoms with Crippen LogP contribution >= 0.6 is 0 Å². The highest BCUT2D eigenvalue weighted by molar-refractivity contribution is 5.96. The normalized spacial score (nSPS) is 11.0. The van der Waals surface area contributed by atoms with Gasteiger partial charge in [0.1, 0.15) is 0 Å². The Kier molecular flexibility index (Phi) is 7.38. The lowest BCUT2D eigenvalue weighted by Crippen LogP contribution is -2.37. The lowest BCUT2D eigenvalue weighted by molar-refractivity contribution is -0.136. The van der Waals surface area contributed by atoms with Gasteiger partial charge in [-0.1, -0.05) is 51.1 Å². The summed E-state index contributed by atoms with van der Waals surface area (Å²) in [6.07, 6.45) is 0. The number of carbonyl (C=O) groups is 3. The maximum absolute atomic E-state index is 12.3. The molecule has 2 aromatic carbocycles. The summed E-state index contributed by atoms with van der Waals surface area (Å²) in [4.78, 5) is 38.0. The van der Waals surface area contributed by atoms with Gasteiger partial charge in [0.05, 0.1) is 12.1 Å². The number of hydrogen-bond donors (Lipinski definition) is 1. The van der Waals surface area contributed by atoms with Gasteiger partial charge in [0.15, 0.2) is 6.61 Å². The minimum atomic E-state index is -0.572. The molecule has 1 N–H and O–H groups in total. The predicted molar refractivity (Wildman–Crippen MR) is 118 cm³/mol. The molecular formula is C24H30N2O4.